The van der Waals surface area contributed by atoms with E-state index in [4.69, 9.17) is 9.47 Å². The lowest BCUT2D eigenvalue weighted by molar-refractivity contribution is 0.102. The average Bonchev–Trinajstić information content (AvgIpc) is 3.24. The van der Waals surface area contributed by atoms with Crippen molar-refractivity contribution in [3.63, 3.8) is 0 Å². The summed E-state index contributed by atoms with van der Waals surface area (Å²) >= 11 is 0. The lowest BCUT2D eigenvalue weighted by atomic mass is 10.1. The number of benzene rings is 2. The van der Waals surface area contributed by atoms with Crippen LogP contribution in [0.15, 0.2) is 48.7 Å². The summed E-state index contributed by atoms with van der Waals surface area (Å²) in [5, 5.41) is 7.50. The summed E-state index contributed by atoms with van der Waals surface area (Å²) < 4.78 is 12.6. The number of nitrogens with zero attached hydrogens (tertiary/aromatic N) is 2. The van der Waals surface area contributed by atoms with Crippen LogP contribution in [-0.4, -0.2) is 22.5 Å². The summed E-state index contributed by atoms with van der Waals surface area (Å²) in [7, 11) is 0. The summed E-state index contributed by atoms with van der Waals surface area (Å²) in [4.78, 5) is 13.0. The SMILES string of the molecule is Cc1ccccc1-n1ncc(C(=O)Nc2ccc3c(c2)OCO3)c1C1CC1. The molecule has 0 spiro atoms. The highest BCUT2D eigenvalue weighted by atomic mass is 16.7. The van der Waals surface area contributed by atoms with E-state index in [1.165, 1.54) is 0 Å². The normalized spacial score (nSPS) is 15.0. The third-order valence-corrected chi connectivity index (χ3v) is 4.99. The second-order valence-electron chi connectivity index (χ2n) is 6.94. The van der Waals surface area contributed by atoms with Gasteiger partial charge in [0.25, 0.3) is 5.91 Å². The van der Waals surface area contributed by atoms with E-state index in [0.717, 1.165) is 29.8 Å². The van der Waals surface area contributed by atoms with Crippen molar-refractivity contribution >= 4 is 11.6 Å². The van der Waals surface area contributed by atoms with Gasteiger partial charge in [-0.1, -0.05) is 18.2 Å². The largest absolute Gasteiger partial charge is 0.454 e. The van der Waals surface area contributed by atoms with Crippen LogP contribution in [0.2, 0.25) is 0 Å². The topological polar surface area (TPSA) is 65.4 Å². The zero-order valence-electron chi connectivity index (χ0n) is 14.9. The third kappa shape index (κ3) is 2.83. The minimum atomic E-state index is -0.157. The fraction of sp³-hybridized carbons (Fsp3) is 0.238. The molecule has 1 saturated carbocycles. The van der Waals surface area contributed by atoms with Gasteiger partial charge in [-0.25, -0.2) is 4.68 Å². The van der Waals surface area contributed by atoms with Crippen molar-refractivity contribution in [2.45, 2.75) is 25.7 Å². The molecule has 1 fully saturated rings. The quantitative estimate of drug-likeness (QED) is 0.762. The Morgan fingerprint density at radius 2 is 1.96 bits per heavy atom. The monoisotopic (exact) mass is 361 g/mol. The summed E-state index contributed by atoms with van der Waals surface area (Å²) in [6.45, 7) is 2.27. The van der Waals surface area contributed by atoms with Crippen LogP contribution in [0.4, 0.5) is 5.69 Å². The number of anilines is 1. The number of carbonyl (C=O) groups is 1. The van der Waals surface area contributed by atoms with E-state index < -0.39 is 0 Å². The van der Waals surface area contributed by atoms with E-state index in [9.17, 15) is 4.79 Å². The summed E-state index contributed by atoms with van der Waals surface area (Å²) in [5.74, 6) is 1.56. The number of ether oxygens (including phenoxy) is 2. The highest BCUT2D eigenvalue weighted by Crippen LogP contribution is 2.43. The zero-order chi connectivity index (χ0) is 18.4. The lowest BCUT2D eigenvalue weighted by Crippen LogP contribution is -2.14. The van der Waals surface area contributed by atoms with Crippen LogP contribution in [0.25, 0.3) is 5.69 Å². The number of hydrogen-bond acceptors (Lipinski definition) is 4. The molecule has 27 heavy (non-hydrogen) atoms. The highest BCUT2D eigenvalue weighted by Gasteiger charge is 2.33. The van der Waals surface area contributed by atoms with Gasteiger partial charge in [0, 0.05) is 17.7 Å². The van der Waals surface area contributed by atoms with Crippen LogP contribution < -0.4 is 14.8 Å². The minimum absolute atomic E-state index is 0.157. The van der Waals surface area contributed by atoms with Gasteiger partial charge in [-0.2, -0.15) is 5.10 Å². The number of aromatic nitrogens is 2. The van der Waals surface area contributed by atoms with Gasteiger partial charge in [0.1, 0.15) is 0 Å². The predicted octanol–water partition coefficient (Wildman–Crippen LogP) is 4.04. The molecule has 0 saturated heterocycles. The molecule has 1 amide bonds. The fourth-order valence-electron chi connectivity index (χ4n) is 3.45. The molecule has 1 aliphatic heterocycles. The van der Waals surface area contributed by atoms with Crippen LogP contribution in [0.5, 0.6) is 11.5 Å². The van der Waals surface area contributed by atoms with Crippen molar-refractivity contribution in [3.05, 3.63) is 65.5 Å². The summed E-state index contributed by atoms with van der Waals surface area (Å²) in [6.07, 6.45) is 3.84. The number of amides is 1. The van der Waals surface area contributed by atoms with Crippen molar-refractivity contribution in [1.82, 2.24) is 9.78 Å². The molecule has 3 aromatic rings. The van der Waals surface area contributed by atoms with Gasteiger partial charge in [0.2, 0.25) is 6.79 Å². The Morgan fingerprint density at radius 1 is 1.15 bits per heavy atom. The first-order valence-electron chi connectivity index (χ1n) is 9.05. The molecule has 6 nitrogen and oxygen atoms in total. The molecule has 2 aliphatic rings. The lowest BCUT2D eigenvalue weighted by Gasteiger charge is -2.11. The molecule has 136 valence electrons. The molecular formula is C21H19N3O3. The molecule has 2 aromatic carbocycles. The van der Waals surface area contributed by atoms with E-state index in [0.29, 0.717) is 28.7 Å². The smallest absolute Gasteiger partial charge is 0.259 e. The Morgan fingerprint density at radius 3 is 2.78 bits per heavy atom. The Bertz CT molecular complexity index is 1040. The van der Waals surface area contributed by atoms with Crippen LogP contribution in [-0.2, 0) is 0 Å². The molecule has 6 heteroatoms. The maximum Gasteiger partial charge on any atom is 0.259 e. The zero-order valence-corrected chi connectivity index (χ0v) is 14.9. The first kappa shape index (κ1) is 15.9. The maximum absolute atomic E-state index is 13.0. The second-order valence-corrected chi connectivity index (χ2v) is 6.94. The summed E-state index contributed by atoms with van der Waals surface area (Å²) in [6, 6.07) is 13.5. The number of hydrogen-bond donors (Lipinski definition) is 1. The molecule has 2 heterocycles. The van der Waals surface area contributed by atoms with Crippen LogP contribution in [0.3, 0.4) is 0 Å². The molecule has 0 radical (unpaired) electrons. The van der Waals surface area contributed by atoms with E-state index in [1.54, 1.807) is 18.3 Å². The van der Waals surface area contributed by atoms with Crippen molar-refractivity contribution in [1.29, 1.82) is 0 Å². The standard InChI is InChI=1S/C21H19N3O3/c1-13-4-2-3-5-17(13)24-20(14-6-7-14)16(11-22-24)21(25)23-15-8-9-18-19(10-15)27-12-26-18/h2-5,8-11,14H,6-7,12H2,1H3,(H,23,25). The Labute approximate surface area is 156 Å². The number of nitrogens with one attached hydrogen (secondary N) is 1. The van der Waals surface area contributed by atoms with Crippen LogP contribution in [0.1, 0.15) is 40.4 Å². The highest BCUT2D eigenvalue weighted by molar-refractivity contribution is 6.05. The third-order valence-electron chi connectivity index (χ3n) is 4.99. The minimum Gasteiger partial charge on any atom is -0.454 e. The van der Waals surface area contributed by atoms with Crippen molar-refractivity contribution in [3.8, 4) is 17.2 Å². The average molecular weight is 361 g/mol. The van der Waals surface area contributed by atoms with Gasteiger partial charge in [-0.05, 0) is 43.5 Å². The van der Waals surface area contributed by atoms with Crippen molar-refractivity contribution < 1.29 is 14.3 Å². The van der Waals surface area contributed by atoms with Gasteiger partial charge in [-0.3, -0.25) is 4.79 Å². The molecular weight excluding hydrogens is 342 g/mol. The maximum atomic E-state index is 13.0. The van der Waals surface area contributed by atoms with Gasteiger partial charge in [-0.15, -0.1) is 0 Å². The second kappa shape index (κ2) is 6.16. The van der Waals surface area contributed by atoms with E-state index >= 15 is 0 Å². The first-order valence-corrected chi connectivity index (χ1v) is 9.05. The van der Waals surface area contributed by atoms with Gasteiger partial charge in [0.15, 0.2) is 11.5 Å². The number of para-hydroxylation sites is 1. The van der Waals surface area contributed by atoms with Gasteiger partial charge < -0.3 is 14.8 Å². The molecule has 1 aromatic heterocycles. The molecule has 0 bridgehead atoms. The summed E-state index contributed by atoms with van der Waals surface area (Å²) in [5.41, 5.74) is 4.43. The number of fused-ring (bicyclic) bond motifs is 1. The van der Waals surface area contributed by atoms with Gasteiger partial charge in [0.05, 0.1) is 23.1 Å². The van der Waals surface area contributed by atoms with E-state index in [1.807, 2.05) is 28.9 Å². The first-order chi connectivity index (χ1) is 13.2. The Balaban J connectivity index is 1.48. The molecule has 0 atom stereocenters. The van der Waals surface area contributed by atoms with E-state index in [2.05, 4.69) is 23.4 Å². The Hall–Kier alpha value is -3.28. The van der Waals surface area contributed by atoms with Crippen molar-refractivity contribution in [2.24, 2.45) is 0 Å². The van der Waals surface area contributed by atoms with E-state index in [-0.39, 0.29) is 12.7 Å². The molecule has 5 rings (SSSR count). The Kier molecular flexibility index (Phi) is 3.63. The fourth-order valence-corrected chi connectivity index (χ4v) is 3.45. The number of aryl methyl sites for hydroxylation is 1. The number of rotatable bonds is 4. The predicted molar refractivity (Wildman–Crippen MR) is 101 cm³/mol. The number of carbonyl (C=O) groups excluding carboxylic acids is 1. The van der Waals surface area contributed by atoms with Gasteiger partial charge >= 0.3 is 0 Å². The molecule has 0 unspecified atom stereocenters. The molecule has 1 aliphatic carbocycles. The molecule has 1 N–H and O–H groups in total. The van der Waals surface area contributed by atoms with Crippen LogP contribution >= 0.6 is 0 Å². The van der Waals surface area contributed by atoms with Crippen LogP contribution in [0, 0.1) is 6.92 Å². The van der Waals surface area contributed by atoms with Crippen molar-refractivity contribution in [2.75, 3.05) is 12.1 Å².